The predicted octanol–water partition coefficient (Wildman–Crippen LogP) is 1.09. The maximum atomic E-state index is 5.50. The van der Waals surface area contributed by atoms with Crippen molar-refractivity contribution >= 4 is 0 Å². The largest absolute Gasteiger partial charge is 0.379 e. The maximum absolute atomic E-state index is 5.50. The Morgan fingerprint density at radius 1 is 1.11 bits per heavy atom. The van der Waals surface area contributed by atoms with Gasteiger partial charge in [-0.2, -0.15) is 0 Å². The normalized spacial score (nSPS) is 17.2. The number of rotatable bonds is 11. The van der Waals surface area contributed by atoms with Gasteiger partial charge in [0.25, 0.3) is 0 Å². The van der Waals surface area contributed by atoms with Crippen molar-refractivity contribution in [2.45, 2.75) is 33.0 Å². The number of hydrogen-bond acceptors (Lipinski definition) is 5. The van der Waals surface area contributed by atoms with Crippen molar-refractivity contribution in [1.82, 2.24) is 10.2 Å². The van der Waals surface area contributed by atoms with Gasteiger partial charge >= 0.3 is 0 Å². The van der Waals surface area contributed by atoms with Gasteiger partial charge in [0.2, 0.25) is 0 Å². The minimum Gasteiger partial charge on any atom is -0.379 e. The van der Waals surface area contributed by atoms with Crippen LogP contribution in [-0.4, -0.2) is 70.3 Å². The molecular weight excluding hydrogens is 244 g/mol. The Hall–Kier alpha value is -0.200. The molecule has 0 atom stereocenters. The van der Waals surface area contributed by atoms with E-state index in [-0.39, 0.29) is 6.29 Å². The molecule has 1 fully saturated rings. The molecule has 0 amide bonds. The molecule has 19 heavy (non-hydrogen) atoms. The van der Waals surface area contributed by atoms with Crippen LogP contribution in [0, 0.1) is 0 Å². The first-order valence-corrected chi connectivity index (χ1v) is 7.60. The molecule has 0 unspecified atom stereocenters. The van der Waals surface area contributed by atoms with E-state index in [4.69, 9.17) is 14.2 Å². The summed E-state index contributed by atoms with van der Waals surface area (Å²) >= 11 is 0. The molecule has 0 bridgehead atoms. The molecule has 1 aliphatic heterocycles. The van der Waals surface area contributed by atoms with Crippen LogP contribution in [0.1, 0.15) is 26.7 Å². The maximum Gasteiger partial charge on any atom is 0.158 e. The van der Waals surface area contributed by atoms with Crippen molar-refractivity contribution in [1.29, 1.82) is 0 Å². The van der Waals surface area contributed by atoms with Gasteiger partial charge in [-0.3, -0.25) is 4.90 Å². The number of ether oxygens (including phenoxy) is 3. The Morgan fingerprint density at radius 2 is 1.79 bits per heavy atom. The van der Waals surface area contributed by atoms with Gasteiger partial charge in [-0.05, 0) is 39.9 Å². The predicted molar refractivity (Wildman–Crippen MR) is 76.4 cm³/mol. The molecule has 0 radical (unpaired) electrons. The molecule has 1 heterocycles. The summed E-state index contributed by atoms with van der Waals surface area (Å²) in [6, 6.07) is 0. The third-order valence-corrected chi connectivity index (χ3v) is 3.19. The summed E-state index contributed by atoms with van der Waals surface area (Å²) in [6.07, 6.45) is 2.05. The minimum absolute atomic E-state index is 0.0539. The molecule has 1 aliphatic rings. The second-order valence-electron chi connectivity index (χ2n) is 4.69. The topological polar surface area (TPSA) is 43.0 Å². The first kappa shape index (κ1) is 16.9. The molecule has 114 valence electrons. The lowest BCUT2D eigenvalue weighted by molar-refractivity contribution is -0.138. The fourth-order valence-electron chi connectivity index (χ4n) is 2.18. The van der Waals surface area contributed by atoms with Gasteiger partial charge < -0.3 is 19.5 Å². The first-order valence-electron chi connectivity index (χ1n) is 7.60. The van der Waals surface area contributed by atoms with Crippen LogP contribution in [0.5, 0.6) is 0 Å². The van der Waals surface area contributed by atoms with Gasteiger partial charge in [-0.25, -0.2) is 0 Å². The summed E-state index contributed by atoms with van der Waals surface area (Å²) < 4.78 is 16.3. The molecule has 1 rings (SSSR count). The van der Waals surface area contributed by atoms with Crippen molar-refractivity contribution in [2.24, 2.45) is 0 Å². The van der Waals surface area contributed by atoms with Gasteiger partial charge in [0.05, 0.1) is 13.2 Å². The van der Waals surface area contributed by atoms with Gasteiger partial charge in [0.15, 0.2) is 6.29 Å². The van der Waals surface area contributed by atoms with E-state index in [1.165, 1.54) is 6.42 Å². The highest BCUT2D eigenvalue weighted by Gasteiger charge is 2.09. The summed E-state index contributed by atoms with van der Waals surface area (Å²) in [4.78, 5) is 2.47. The van der Waals surface area contributed by atoms with E-state index in [2.05, 4.69) is 10.2 Å². The SMILES string of the molecule is CCOC(CCNCCCN1CCOCC1)OCC. The first-order chi connectivity index (χ1) is 9.36. The van der Waals surface area contributed by atoms with Gasteiger partial charge in [0.1, 0.15) is 0 Å². The monoisotopic (exact) mass is 274 g/mol. The smallest absolute Gasteiger partial charge is 0.158 e. The molecule has 1 N–H and O–H groups in total. The van der Waals surface area contributed by atoms with Crippen LogP contribution in [0.4, 0.5) is 0 Å². The Morgan fingerprint density at radius 3 is 2.42 bits per heavy atom. The molecular formula is C14H30N2O3. The van der Waals surface area contributed by atoms with Crippen LogP contribution < -0.4 is 5.32 Å². The standard InChI is InChI=1S/C14H30N2O3/c1-3-18-14(19-4-2)6-8-15-7-5-9-16-10-12-17-13-11-16/h14-15H,3-13H2,1-2H3. The highest BCUT2D eigenvalue weighted by molar-refractivity contribution is 4.62. The van der Waals surface area contributed by atoms with Crippen molar-refractivity contribution in [3.8, 4) is 0 Å². The van der Waals surface area contributed by atoms with E-state index in [9.17, 15) is 0 Å². The number of morpholine rings is 1. The number of hydrogen-bond donors (Lipinski definition) is 1. The Labute approximate surface area is 117 Å². The van der Waals surface area contributed by atoms with Crippen molar-refractivity contribution < 1.29 is 14.2 Å². The van der Waals surface area contributed by atoms with E-state index < -0.39 is 0 Å². The van der Waals surface area contributed by atoms with Crippen LogP contribution in [0.25, 0.3) is 0 Å². The van der Waals surface area contributed by atoms with E-state index in [0.29, 0.717) is 13.2 Å². The van der Waals surface area contributed by atoms with Gasteiger partial charge in [0, 0.05) is 32.7 Å². The van der Waals surface area contributed by atoms with Crippen LogP contribution in [0.3, 0.4) is 0 Å². The van der Waals surface area contributed by atoms with Crippen LogP contribution in [0.15, 0.2) is 0 Å². The third-order valence-electron chi connectivity index (χ3n) is 3.19. The molecule has 0 spiro atoms. The molecule has 1 saturated heterocycles. The highest BCUT2D eigenvalue weighted by Crippen LogP contribution is 2.00. The fourth-order valence-corrected chi connectivity index (χ4v) is 2.18. The van der Waals surface area contributed by atoms with Crippen LogP contribution >= 0.6 is 0 Å². The Kier molecular flexibility index (Phi) is 10.3. The average molecular weight is 274 g/mol. The molecule has 0 saturated carbocycles. The molecule has 0 aliphatic carbocycles. The molecule has 0 aromatic heterocycles. The second-order valence-corrected chi connectivity index (χ2v) is 4.69. The van der Waals surface area contributed by atoms with Crippen molar-refractivity contribution in [3.05, 3.63) is 0 Å². The van der Waals surface area contributed by atoms with Crippen molar-refractivity contribution in [2.75, 3.05) is 59.2 Å². The van der Waals surface area contributed by atoms with Gasteiger partial charge in [-0.1, -0.05) is 0 Å². The Bertz CT molecular complexity index is 193. The number of nitrogens with one attached hydrogen (secondary N) is 1. The minimum atomic E-state index is -0.0539. The average Bonchev–Trinajstić information content (AvgIpc) is 2.44. The zero-order valence-corrected chi connectivity index (χ0v) is 12.5. The van der Waals surface area contributed by atoms with E-state index >= 15 is 0 Å². The fraction of sp³-hybridized carbons (Fsp3) is 1.00. The Balaban J connectivity index is 1.91. The van der Waals surface area contributed by atoms with Gasteiger partial charge in [-0.15, -0.1) is 0 Å². The van der Waals surface area contributed by atoms with Crippen molar-refractivity contribution in [3.63, 3.8) is 0 Å². The van der Waals surface area contributed by atoms with E-state index in [1.54, 1.807) is 0 Å². The zero-order valence-electron chi connectivity index (χ0n) is 12.5. The quantitative estimate of drug-likeness (QED) is 0.451. The van der Waals surface area contributed by atoms with E-state index in [0.717, 1.165) is 52.4 Å². The molecule has 5 nitrogen and oxygen atoms in total. The zero-order chi connectivity index (χ0) is 13.8. The summed E-state index contributed by atoms with van der Waals surface area (Å²) in [5, 5.41) is 3.45. The summed E-state index contributed by atoms with van der Waals surface area (Å²) in [7, 11) is 0. The number of nitrogens with zero attached hydrogens (tertiary/aromatic N) is 1. The summed E-state index contributed by atoms with van der Waals surface area (Å²) in [5.74, 6) is 0. The molecule has 0 aromatic carbocycles. The lowest BCUT2D eigenvalue weighted by atomic mass is 10.3. The lowest BCUT2D eigenvalue weighted by Gasteiger charge is -2.26. The second kappa shape index (κ2) is 11.6. The summed E-state index contributed by atoms with van der Waals surface area (Å²) in [5.41, 5.74) is 0. The lowest BCUT2D eigenvalue weighted by Crippen LogP contribution is -2.37. The molecule has 5 heteroatoms. The van der Waals surface area contributed by atoms with E-state index in [1.807, 2.05) is 13.8 Å². The van der Waals surface area contributed by atoms with Crippen LogP contribution in [-0.2, 0) is 14.2 Å². The summed E-state index contributed by atoms with van der Waals surface area (Å²) in [6.45, 7) is 12.5. The molecule has 0 aromatic rings. The van der Waals surface area contributed by atoms with Crippen LogP contribution in [0.2, 0.25) is 0 Å². The highest BCUT2D eigenvalue weighted by atomic mass is 16.7. The third kappa shape index (κ3) is 8.55.